The highest BCUT2D eigenvalue weighted by Crippen LogP contribution is 2.33. The van der Waals surface area contributed by atoms with Crippen LogP contribution in [0.2, 0.25) is 0 Å². The number of rotatable bonds is 5. The van der Waals surface area contributed by atoms with E-state index in [1.807, 2.05) is 4.68 Å². The van der Waals surface area contributed by atoms with E-state index in [2.05, 4.69) is 20.4 Å². The van der Waals surface area contributed by atoms with Gasteiger partial charge in [0.05, 0.1) is 18.3 Å². The number of aromatic nitrogens is 4. The molecule has 5 rings (SSSR count). The SMILES string of the molecule is O=C(c1ccco1)N1CCN([C@H](c2ccc(F)cc2)c2nnnn2C2CCCCC2)CC1. The second-order valence-corrected chi connectivity index (χ2v) is 8.53. The smallest absolute Gasteiger partial charge is 0.289 e. The molecular formula is C23H27FN6O2. The van der Waals surface area contributed by atoms with Gasteiger partial charge in [0.1, 0.15) is 5.82 Å². The van der Waals surface area contributed by atoms with E-state index in [1.165, 1.54) is 37.7 Å². The Hall–Kier alpha value is -3.07. The number of carbonyl (C=O) groups is 1. The highest BCUT2D eigenvalue weighted by atomic mass is 19.1. The lowest BCUT2D eigenvalue weighted by molar-refractivity contribution is 0.0557. The van der Waals surface area contributed by atoms with Crippen LogP contribution >= 0.6 is 0 Å². The van der Waals surface area contributed by atoms with E-state index in [0.717, 1.165) is 24.2 Å². The molecule has 1 aliphatic carbocycles. The minimum atomic E-state index is -0.270. The molecule has 168 valence electrons. The van der Waals surface area contributed by atoms with Crippen LogP contribution in [0, 0.1) is 5.82 Å². The van der Waals surface area contributed by atoms with E-state index in [0.29, 0.717) is 38.0 Å². The van der Waals surface area contributed by atoms with E-state index in [1.54, 1.807) is 29.2 Å². The predicted molar refractivity (Wildman–Crippen MR) is 114 cm³/mol. The van der Waals surface area contributed by atoms with Gasteiger partial charge in [0.15, 0.2) is 11.6 Å². The third kappa shape index (κ3) is 4.17. The van der Waals surface area contributed by atoms with Crippen molar-refractivity contribution in [2.24, 2.45) is 0 Å². The molecule has 1 aromatic carbocycles. The van der Waals surface area contributed by atoms with E-state index in [9.17, 15) is 9.18 Å². The Morgan fingerprint density at radius 2 is 1.78 bits per heavy atom. The summed E-state index contributed by atoms with van der Waals surface area (Å²) < 4.78 is 20.9. The number of benzene rings is 1. The lowest BCUT2D eigenvalue weighted by Gasteiger charge is -2.39. The average molecular weight is 439 g/mol. The van der Waals surface area contributed by atoms with E-state index < -0.39 is 0 Å². The van der Waals surface area contributed by atoms with Crippen molar-refractivity contribution in [1.29, 1.82) is 0 Å². The summed E-state index contributed by atoms with van der Waals surface area (Å²) in [5.74, 6) is 0.775. The van der Waals surface area contributed by atoms with Gasteiger partial charge in [-0.25, -0.2) is 9.07 Å². The Balaban J connectivity index is 1.40. The molecule has 32 heavy (non-hydrogen) atoms. The predicted octanol–water partition coefficient (Wildman–Crippen LogP) is 3.46. The van der Waals surface area contributed by atoms with Crippen LogP contribution in [-0.2, 0) is 0 Å². The first-order valence-electron chi connectivity index (χ1n) is 11.3. The number of hydrogen-bond donors (Lipinski definition) is 0. The molecule has 0 radical (unpaired) electrons. The van der Waals surface area contributed by atoms with Crippen LogP contribution in [-0.4, -0.2) is 62.1 Å². The summed E-state index contributed by atoms with van der Waals surface area (Å²) >= 11 is 0. The van der Waals surface area contributed by atoms with Crippen LogP contribution in [0.4, 0.5) is 4.39 Å². The number of halogens is 1. The lowest BCUT2D eigenvalue weighted by atomic mass is 9.95. The van der Waals surface area contributed by atoms with Crippen LogP contribution in [0.25, 0.3) is 0 Å². The van der Waals surface area contributed by atoms with E-state index >= 15 is 0 Å². The van der Waals surface area contributed by atoms with Crippen molar-refractivity contribution in [2.45, 2.75) is 44.2 Å². The topological polar surface area (TPSA) is 80.3 Å². The molecule has 2 aliphatic rings. The number of amides is 1. The van der Waals surface area contributed by atoms with Crippen molar-refractivity contribution in [3.05, 3.63) is 65.6 Å². The molecule has 2 fully saturated rings. The summed E-state index contributed by atoms with van der Waals surface area (Å²) in [6.07, 6.45) is 7.26. The molecule has 0 bridgehead atoms. The lowest BCUT2D eigenvalue weighted by Crippen LogP contribution is -2.50. The summed E-state index contributed by atoms with van der Waals surface area (Å²) in [6, 6.07) is 10.1. The first-order chi connectivity index (χ1) is 15.7. The summed E-state index contributed by atoms with van der Waals surface area (Å²) in [7, 11) is 0. The number of tetrazole rings is 1. The maximum atomic E-state index is 13.7. The van der Waals surface area contributed by atoms with E-state index in [-0.39, 0.29) is 17.8 Å². The molecule has 0 N–H and O–H groups in total. The molecule has 0 spiro atoms. The van der Waals surface area contributed by atoms with Gasteiger partial charge >= 0.3 is 0 Å². The molecular weight excluding hydrogens is 411 g/mol. The summed E-state index contributed by atoms with van der Waals surface area (Å²) in [4.78, 5) is 16.8. The molecule has 3 heterocycles. The molecule has 3 aromatic rings. The van der Waals surface area contributed by atoms with Crippen LogP contribution in [0.1, 0.15) is 66.1 Å². The van der Waals surface area contributed by atoms with Gasteiger partial charge in [-0.2, -0.15) is 0 Å². The molecule has 1 saturated heterocycles. The van der Waals surface area contributed by atoms with Crippen molar-refractivity contribution in [2.75, 3.05) is 26.2 Å². The largest absolute Gasteiger partial charge is 0.459 e. The fraction of sp³-hybridized carbons (Fsp3) is 0.478. The zero-order valence-corrected chi connectivity index (χ0v) is 17.9. The Labute approximate surface area is 186 Å². The summed E-state index contributed by atoms with van der Waals surface area (Å²) in [6.45, 7) is 2.46. The van der Waals surface area contributed by atoms with Gasteiger partial charge in [-0.15, -0.1) is 5.10 Å². The minimum absolute atomic E-state index is 0.0972. The highest BCUT2D eigenvalue weighted by molar-refractivity contribution is 5.91. The second kappa shape index (κ2) is 9.20. The first kappa shape index (κ1) is 20.8. The van der Waals surface area contributed by atoms with Gasteiger partial charge in [-0.05, 0) is 53.1 Å². The minimum Gasteiger partial charge on any atom is -0.459 e. The van der Waals surface area contributed by atoms with Crippen LogP contribution in [0.5, 0.6) is 0 Å². The molecule has 2 aromatic heterocycles. The first-order valence-corrected chi connectivity index (χ1v) is 11.3. The molecule has 0 unspecified atom stereocenters. The third-order valence-corrected chi connectivity index (χ3v) is 6.57. The fourth-order valence-corrected chi connectivity index (χ4v) is 4.87. The van der Waals surface area contributed by atoms with Gasteiger partial charge in [0.25, 0.3) is 5.91 Å². The third-order valence-electron chi connectivity index (χ3n) is 6.57. The number of carbonyl (C=O) groups excluding carboxylic acids is 1. The molecule has 1 aliphatic heterocycles. The zero-order valence-electron chi connectivity index (χ0n) is 17.9. The Morgan fingerprint density at radius 1 is 1.03 bits per heavy atom. The quantitative estimate of drug-likeness (QED) is 0.607. The second-order valence-electron chi connectivity index (χ2n) is 8.53. The van der Waals surface area contributed by atoms with Gasteiger partial charge in [-0.1, -0.05) is 31.4 Å². The number of nitrogens with zero attached hydrogens (tertiary/aromatic N) is 6. The molecule has 9 heteroatoms. The maximum Gasteiger partial charge on any atom is 0.289 e. The van der Waals surface area contributed by atoms with Gasteiger partial charge in [0.2, 0.25) is 0 Å². The zero-order chi connectivity index (χ0) is 21.9. The normalized spacial score (nSPS) is 19.2. The summed E-state index contributed by atoms with van der Waals surface area (Å²) in [5, 5.41) is 12.8. The van der Waals surface area contributed by atoms with Crippen molar-refractivity contribution in [1.82, 2.24) is 30.0 Å². The standard InChI is InChI=1S/C23H27FN6O2/c24-18-10-8-17(9-11-18)21(22-25-26-27-30(22)19-5-2-1-3-6-19)28-12-14-29(15-13-28)23(31)20-7-4-16-32-20/h4,7-11,16,19,21H,1-3,5-6,12-15H2/t21-/m1/s1. The molecule has 1 amide bonds. The van der Waals surface area contributed by atoms with E-state index in [4.69, 9.17) is 4.42 Å². The summed E-state index contributed by atoms with van der Waals surface area (Å²) in [5.41, 5.74) is 0.948. The maximum absolute atomic E-state index is 13.7. The Bertz CT molecular complexity index is 1020. The van der Waals surface area contributed by atoms with Gasteiger partial charge in [0, 0.05) is 26.2 Å². The van der Waals surface area contributed by atoms with Crippen molar-refractivity contribution in [3.63, 3.8) is 0 Å². The molecule has 1 saturated carbocycles. The number of hydrogen-bond acceptors (Lipinski definition) is 6. The Morgan fingerprint density at radius 3 is 2.47 bits per heavy atom. The van der Waals surface area contributed by atoms with Gasteiger partial charge < -0.3 is 9.32 Å². The van der Waals surface area contributed by atoms with Crippen molar-refractivity contribution < 1.29 is 13.6 Å². The fourth-order valence-electron chi connectivity index (χ4n) is 4.87. The van der Waals surface area contributed by atoms with Crippen LogP contribution in [0.15, 0.2) is 47.1 Å². The van der Waals surface area contributed by atoms with Crippen molar-refractivity contribution in [3.8, 4) is 0 Å². The average Bonchev–Trinajstić information content (AvgIpc) is 3.54. The highest BCUT2D eigenvalue weighted by Gasteiger charge is 2.34. The molecule has 8 nitrogen and oxygen atoms in total. The number of furan rings is 1. The van der Waals surface area contributed by atoms with Crippen molar-refractivity contribution >= 4 is 5.91 Å². The molecule has 1 atom stereocenters. The Kier molecular flexibility index (Phi) is 5.98. The van der Waals surface area contributed by atoms with Gasteiger partial charge in [-0.3, -0.25) is 9.69 Å². The number of piperazine rings is 1. The monoisotopic (exact) mass is 438 g/mol. The van der Waals surface area contributed by atoms with Crippen LogP contribution in [0.3, 0.4) is 0 Å². The van der Waals surface area contributed by atoms with Crippen LogP contribution < -0.4 is 0 Å².